The third-order valence-electron chi connectivity index (χ3n) is 3.03. The highest BCUT2D eigenvalue weighted by Gasteiger charge is 2.27. The predicted molar refractivity (Wildman–Crippen MR) is 57.2 cm³/mol. The van der Waals surface area contributed by atoms with Crippen LogP contribution < -0.4 is 5.32 Å². The van der Waals surface area contributed by atoms with E-state index in [0.717, 1.165) is 26.0 Å². The van der Waals surface area contributed by atoms with Crippen LogP contribution in [0.15, 0.2) is 0 Å². The number of methoxy groups -OCH3 is 1. The number of nitrogens with one attached hydrogen (secondary N) is 1. The Kier molecular flexibility index (Phi) is 4.85. The van der Waals surface area contributed by atoms with E-state index >= 15 is 0 Å². The Morgan fingerprint density at radius 1 is 1.43 bits per heavy atom. The van der Waals surface area contributed by atoms with Gasteiger partial charge < -0.3 is 15.2 Å². The minimum absolute atomic E-state index is 0.0401. The van der Waals surface area contributed by atoms with Gasteiger partial charge in [0, 0.05) is 13.2 Å². The van der Waals surface area contributed by atoms with Crippen LogP contribution in [-0.2, 0) is 4.74 Å². The van der Waals surface area contributed by atoms with Crippen LogP contribution in [0, 0.1) is 11.8 Å². The maximum atomic E-state index is 9.14. The van der Waals surface area contributed by atoms with Crippen molar-refractivity contribution < 1.29 is 9.84 Å². The van der Waals surface area contributed by atoms with E-state index in [2.05, 4.69) is 19.2 Å². The van der Waals surface area contributed by atoms with Crippen LogP contribution in [0.2, 0.25) is 0 Å². The summed E-state index contributed by atoms with van der Waals surface area (Å²) in [5, 5.41) is 12.7. The van der Waals surface area contributed by atoms with Gasteiger partial charge in [0.15, 0.2) is 0 Å². The molecule has 0 aromatic carbocycles. The summed E-state index contributed by atoms with van der Waals surface area (Å²) in [6.07, 6.45) is 1.89. The molecule has 0 saturated heterocycles. The molecule has 3 heteroatoms. The minimum Gasteiger partial charge on any atom is -0.393 e. The summed E-state index contributed by atoms with van der Waals surface area (Å²) in [7, 11) is 1.74. The first-order chi connectivity index (χ1) is 6.63. The normalized spacial score (nSPS) is 28.9. The summed E-state index contributed by atoms with van der Waals surface area (Å²) in [5.41, 5.74) is 0. The van der Waals surface area contributed by atoms with Gasteiger partial charge in [0.25, 0.3) is 0 Å². The second-order valence-corrected chi connectivity index (χ2v) is 4.71. The molecule has 0 heterocycles. The molecule has 1 fully saturated rings. The average molecular weight is 201 g/mol. The van der Waals surface area contributed by atoms with Gasteiger partial charge in [-0.3, -0.25) is 0 Å². The van der Waals surface area contributed by atoms with Crippen molar-refractivity contribution in [2.75, 3.05) is 20.3 Å². The van der Waals surface area contributed by atoms with E-state index in [1.807, 2.05) is 0 Å². The van der Waals surface area contributed by atoms with E-state index < -0.39 is 0 Å². The number of hydrogen-bond acceptors (Lipinski definition) is 3. The predicted octanol–water partition coefficient (Wildman–Crippen LogP) is 1.02. The van der Waals surface area contributed by atoms with Crippen molar-refractivity contribution in [3.63, 3.8) is 0 Å². The lowest BCUT2D eigenvalue weighted by atomic mass is 9.82. The van der Waals surface area contributed by atoms with Crippen molar-refractivity contribution in [1.29, 1.82) is 0 Å². The quantitative estimate of drug-likeness (QED) is 0.674. The molecule has 1 aliphatic carbocycles. The molecule has 0 aromatic rings. The van der Waals surface area contributed by atoms with Gasteiger partial charge in [-0.05, 0) is 31.2 Å². The summed E-state index contributed by atoms with van der Waals surface area (Å²) in [4.78, 5) is 0. The molecule has 1 saturated carbocycles. The highest BCUT2D eigenvalue weighted by atomic mass is 16.5. The van der Waals surface area contributed by atoms with Crippen molar-refractivity contribution in [3.8, 4) is 0 Å². The number of hydrogen-bond donors (Lipinski definition) is 2. The number of rotatable bonds is 6. The fourth-order valence-corrected chi connectivity index (χ4v) is 1.85. The average Bonchev–Trinajstić information content (AvgIpc) is 2.07. The van der Waals surface area contributed by atoms with Crippen LogP contribution in [0.5, 0.6) is 0 Å². The van der Waals surface area contributed by atoms with Gasteiger partial charge in [-0.1, -0.05) is 13.8 Å². The van der Waals surface area contributed by atoms with Crippen LogP contribution in [0.1, 0.15) is 26.7 Å². The van der Waals surface area contributed by atoms with E-state index in [0.29, 0.717) is 17.9 Å². The third kappa shape index (κ3) is 3.56. The zero-order chi connectivity index (χ0) is 10.6. The second-order valence-electron chi connectivity index (χ2n) is 4.71. The SMILES string of the molecule is COCC(NCC1CC(O)C1)C(C)C. The smallest absolute Gasteiger partial charge is 0.0618 e. The zero-order valence-corrected chi connectivity index (χ0v) is 9.49. The number of ether oxygens (including phenoxy) is 1. The molecule has 0 aromatic heterocycles. The van der Waals surface area contributed by atoms with Crippen molar-refractivity contribution in [1.82, 2.24) is 5.32 Å². The number of aliphatic hydroxyl groups is 1. The lowest BCUT2D eigenvalue weighted by Gasteiger charge is -2.33. The van der Waals surface area contributed by atoms with Crippen molar-refractivity contribution in [2.45, 2.75) is 38.8 Å². The molecule has 2 N–H and O–H groups in total. The highest BCUT2D eigenvalue weighted by molar-refractivity contribution is 4.82. The fourth-order valence-electron chi connectivity index (χ4n) is 1.85. The minimum atomic E-state index is -0.0401. The van der Waals surface area contributed by atoms with Crippen molar-refractivity contribution >= 4 is 0 Å². The molecule has 1 atom stereocenters. The lowest BCUT2D eigenvalue weighted by molar-refractivity contribution is 0.0386. The van der Waals surface area contributed by atoms with Gasteiger partial charge in [0.05, 0.1) is 12.7 Å². The van der Waals surface area contributed by atoms with Gasteiger partial charge >= 0.3 is 0 Å². The molecular weight excluding hydrogens is 178 g/mol. The first kappa shape index (κ1) is 12.0. The first-order valence-electron chi connectivity index (χ1n) is 5.53. The Morgan fingerprint density at radius 2 is 2.07 bits per heavy atom. The summed E-state index contributed by atoms with van der Waals surface area (Å²) in [6, 6.07) is 0.442. The molecular formula is C11H23NO2. The maximum absolute atomic E-state index is 9.14. The largest absolute Gasteiger partial charge is 0.393 e. The molecule has 0 bridgehead atoms. The summed E-state index contributed by atoms with van der Waals surface area (Å²) < 4.78 is 5.16. The number of aliphatic hydroxyl groups excluding tert-OH is 1. The van der Waals surface area contributed by atoms with Gasteiger partial charge in [-0.25, -0.2) is 0 Å². The second kappa shape index (κ2) is 5.69. The van der Waals surface area contributed by atoms with Crippen molar-refractivity contribution in [2.24, 2.45) is 11.8 Å². The Balaban J connectivity index is 2.13. The molecule has 0 amide bonds. The standard InChI is InChI=1S/C11H23NO2/c1-8(2)11(7-14-3)12-6-9-4-10(13)5-9/h8-13H,4-7H2,1-3H3. The molecule has 1 aliphatic rings. The maximum Gasteiger partial charge on any atom is 0.0618 e. The molecule has 14 heavy (non-hydrogen) atoms. The molecule has 0 radical (unpaired) electrons. The lowest BCUT2D eigenvalue weighted by Crippen LogP contribution is -2.44. The monoisotopic (exact) mass is 201 g/mol. The van der Waals surface area contributed by atoms with Crippen LogP contribution in [0.3, 0.4) is 0 Å². The molecule has 0 aliphatic heterocycles. The van der Waals surface area contributed by atoms with Gasteiger partial charge in [-0.2, -0.15) is 0 Å². The van der Waals surface area contributed by atoms with Crippen LogP contribution in [0.25, 0.3) is 0 Å². The van der Waals surface area contributed by atoms with E-state index in [1.165, 1.54) is 0 Å². The molecule has 84 valence electrons. The van der Waals surface area contributed by atoms with Crippen LogP contribution >= 0.6 is 0 Å². The molecule has 1 unspecified atom stereocenters. The Bertz CT molecular complexity index is 155. The summed E-state index contributed by atoms with van der Waals surface area (Å²) in [5.74, 6) is 1.27. The Morgan fingerprint density at radius 3 is 2.50 bits per heavy atom. The zero-order valence-electron chi connectivity index (χ0n) is 9.49. The summed E-state index contributed by atoms with van der Waals surface area (Å²) in [6.45, 7) is 6.19. The van der Waals surface area contributed by atoms with Crippen molar-refractivity contribution in [3.05, 3.63) is 0 Å². The molecule has 1 rings (SSSR count). The fraction of sp³-hybridized carbons (Fsp3) is 1.00. The highest BCUT2D eigenvalue weighted by Crippen LogP contribution is 2.26. The van der Waals surface area contributed by atoms with Gasteiger partial charge in [-0.15, -0.1) is 0 Å². The van der Waals surface area contributed by atoms with Crippen LogP contribution in [-0.4, -0.2) is 37.5 Å². The van der Waals surface area contributed by atoms with E-state index in [4.69, 9.17) is 9.84 Å². The molecule has 0 spiro atoms. The van der Waals surface area contributed by atoms with Gasteiger partial charge in [0.1, 0.15) is 0 Å². The van der Waals surface area contributed by atoms with E-state index in [9.17, 15) is 0 Å². The van der Waals surface area contributed by atoms with E-state index in [-0.39, 0.29) is 6.10 Å². The Hall–Kier alpha value is -0.120. The third-order valence-corrected chi connectivity index (χ3v) is 3.03. The molecule has 3 nitrogen and oxygen atoms in total. The topological polar surface area (TPSA) is 41.5 Å². The van der Waals surface area contributed by atoms with E-state index in [1.54, 1.807) is 7.11 Å². The van der Waals surface area contributed by atoms with Gasteiger partial charge in [0.2, 0.25) is 0 Å². The first-order valence-corrected chi connectivity index (χ1v) is 5.53. The summed E-state index contributed by atoms with van der Waals surface area (Å²) >= 11 is 0. The Labute approximate surface area is 86.8 Å². The van der Waals surface area contributed by atoms with Crippen LogP contribution in [0.4, 0.5) is 0 Å².